The van der Waals surface area contributed by atoms with Crippen LogP contribution in [0.1, 0.15) is 26.2 Å². The van der Waals surface area contributed by atoms with Crippen molar-refractivity contribution in [3.8, 4) is 5.75 Å². The predicted molar refractivity (Wildman–Crippen MR) is 72.1 cm³/mol. The highest BCUT2D eigenvalue weighted by Crippen LogP contribution is 2.20. The van der Waals surface area contributed by atoms with Gasteiger partial charge in [-0.2, -0.15) is 0 Å². The molecule has 0 aliphatic rings. The molecule has 0 radical (unpaired) electrons. The third-order valence-corrected chi connectivity index (χ3v) is 3.27. The van der Waals surface area contributed by atoms with Crippen molar-refractivity contribution in [2.75, 3.05) is 0 Å². The first-order valence-corrected chi connectivity index (χ1v) is 6.82. The van der Waals surface area contributed by atoms with Crippen molar-refractivity contribution in [3.63, 3.8) is 0 Å². The summed E-state index contributed by atoms with van der Waals surface area (Å²) >= 11 is 5.74. The number of ether oxygens (including phenoxy) is 1. The van der Waals surface area contributed by atoms with Gasteiger partial charge in [0.2, 0.25) is 0 Å². The van der Waals surface area contributed by atoms with E-state index in [0.717, 1.165) is 16.6 Å². The van der Waals surface area contributed by atoms with Crippen molar-refractivity contribution < 1.29 is 4.74 Å². The molecule has 1 atom stereocenters. The molecule has 0 aliphatic carbocycles. The zero-order valence-corrected chi connectivity index (χ0v) is 11.9. The summed E-state index contributed by atoms with van der Waals surface area (Å²) in [5.74, 6) is 0.948. The third kappa shape index (κ3) is 4.64. The molecule has 1 nitrogen and oxygen atoms in total. The van der Waals surface area contributed by atoms with Crippen LogP contribution < -0.4 is 4.74 Å². The van der Waals surface area contributed by atoms with Crippen LogP contribution in [0.4, 0.5) is 0 Å². The summed E-state index contributed by atoms with van der Waals surface area (Å²) in [6.07, 6.45) is 3.57. The second kappa shape index (κ2) is 6.67. The van der Waals surface area contributed by atoms with E-state index in [-0.39, 0.29) is 4.11 Å². The van der Waals surface area contributed by atoms with E-state index in [4.69, 9.17) is 4.74 Å². The van der Waals surface area contributed by atoms with Gasteiger partial charge in [-0.15, -0.1) is 0 Å². The molecule has 3 heteroatoms. The minimum atomic E-state index is 0.286. The van der Waals surface area contributed by atoms with E-state index in [1.54, 1.807) is 0 Å². The summed E-state index contributed by atoms with van der Waals surface area (Å²) in [6, 6.07) is 7.97. The van der Waals surface area contributed by atoms with Gasteiger partial charge in [-0.05, 0) is 59.7 Å². The lowest BCUT2D eigenvalue weighted by molar-refractivity contribution is 0.288. The smallest absolute Gasteiger partial charge is 0.149 e. The zero-order chi connectivity index (χ0) is 10.4. The van der Waals surface area contributed by atoms with Crippen LogP contribution in [-0.4, -0.2) is 4.11 Å². The fourth-order valence-electron chi connectivity index (χ4n) is 1.08. The molecule has 0 fully saturated rings. The minimum Gasteiger partial charge on any atom is -0.480 e. The van der Waals surface area contributed by atoms with Crippen LogP contribution in [0, 0.1) is 0 Å². The highest BCUT2D eigenvalue weighted by molar-refractivity contribution is 14.1. The topological polar surface area (TPSA) is 9.23 Å². The molecular weight excluding hydrogens is 355 g/mol. The summed E-state index contributed by atoms with van der Waals surface area (Å²) in [4.78, 5) is 0. The Morgan fingerprint density at radius 3 is 2.57 bits per heavy atom. The number of halogens is 2. The van der Waals surface area contributed by atoms with E-state index in [9.17, 15) is 0 Å². The Hall–Kier alpha value is 0.230. The van der Waals surface area contributed by atoms with Crippen molar-refractivity contribution in [2.45, 2.75) is 30.3 Å². The molecule has 14 heavy (non-hydrogen) atoms. The van der Waals surface area contributed by atoms with E-state index in [0.29, 0.717) is 0 Å². The lowest BCUT2D eigenvalue weighted by Gasteiger charge is -2.12. The summed E-state index contributed by atoms with van der Waals surface area (Å²) in [5.41, 5.74) is 0. The minimum absolute atomic E-state index is 0.286. The number of alkyl halides is 1. The first-order chi connectivity index (χ1) is 6.72. The summed E-state index contributed by atoms with van der Waals surface area (Å²) in [6.45, 7) is 2.20. The Morgan fingerprint density at radius 1 is 1.36 bits per heavy atom. The van der Waals surface area contributed by atoms with E-state index in [2.05, 4.69) is 45.4 Å². The highest BCUT2D eigenvalue weighted by Gasteiger charge is 2.04. The van der Waals surface area contributed by atoms with E-state index in [1.807, 2.05) is 24.3 Å². The van der Waals surface area contributed by atoms with Crippen LogP contribution in [0.3, 0.4) is 0 Å². The lowest BCUT2D eigenvalue weighted by Crippen LogP contribution is -2.07. The lowest BCUT2D eigenvalue weighted by atomic mass is 10.3. The van der Waals surface area contributed by atoms with Gasteiger partial charge in [0.1, 0.15) is 9.86 Å². The molecule has 1 aromatic rings. The van der Waals surface area contributed by atoms with Crippen LogP contribution in [0.5, 0.6) is 5.75 Å². The molecule has 78 valence electrons. The molecule has 0 amide bonds. The Bertz CT molecular complexity index is 260. The molecule has 1 rings (SSSR count). The SMILES string of the molecule is CCCCC(I)Oc1ccc(Br)cc1. The normalized spacial score (nSPS) is 12.5. The summed E-state index contributed by atoms with van der Waals surface area (Å²) < 4.78 is 7.11. The molecule has 1 aromatic carbocycles. The van der Waals surface area contributed by atoms with E-state index >= 15 is 0 Å². The molecule has 0 N–H and O–H groups in total. The van der Waals surface area contributed by atoms with E-state index in [1.165, 1.54) is 12.8 Å². The Labute approximate surface area is 107 Å². The summed E-state index contributed by atoms with van der Waals surface area (Å²) in [5, 5.41) is 0. The van der Waals surface area contributed by atoms with Crippen molar-refractivity contribution in [2.24, 2.45) is 0 Å². The number of hydrogen-bond acceptors (Lipinski definition) is 1. The maximum absolute atomic E-state index is 5.74. The standard InChI is InChI=1S/C11H14BrIO/c1-2-3-4-11(13)14-10-7-5-9(12)6-8-10/h5-8,11H,2-4H2,1H3. The van der Waals surface area contributed by atoms with Gasteiger partial charge in [-0.1, -0.05) is 29.3 Å². The van der Waals surface area contributed by atoms with Crippen molar-refractivity contribution in [3.05, 3.63) is 28.7 Å². The molecule has 0 saturated heterocycles. The zero-order valence-electron chi connectivity index (χ0n) is 8.17. The first-order valence-electron chi connectivity index (χ1n) is 4.78. The van der Waals surface area contributed by atoms with Gasteiger partial charge < -0.3 is 4.74 Å². The average Bonchev–Trinajstić information content (AvgIpc) is 2.18. The molecule has 0 spiro atoms. The van der Waals surface area contributed by atoms with Crippen molar-refractivity contribution >= 4 is 38.5 Å². The number of rotatable bonds is 5. The molecule has 0 heterocycles. The molecule has 1 unspecified atom stereocenters. The van der Waals surface area contributed by atoms with Crippen LogP contribution in [0.2, 0.25) is 0 Å². The van der Waals surface area contributed by atoms with Gasteiger partial charge >= 0.3 is 0 Å². The van der Waals surface area contributed by atoms with Crippen LogP contribution >= 0.6 is 38.5 Å². The summed E-state index contributed by atoms with van der Waals surface area (Å²) in [7, 11) is 0. The monoisotopic (exact) mass is 368 g/mol. The van der Waals surface area contributed by atoms with Crippen LogP contribution in [0.25, 0.3) is 0 Å². The van der Waals surface area contributed by atoms with Crippen molar-refractivity contribution in [1.29, 1.82) is 0 Å². The number of hydrogen-bond donors (Lipinski definition) is 0. The average molecular weight is 369 g/mol. The quantitative estimate of drug-likeness (QED) is 0.536. The largest absolute Gasteiger partial charge is 0.480 e. The predicted octanol–water partition coefficient (Wildman–Crippen LogP) is 4.78. The van der Waals surface area contributed by atoms with Crippen LogP contribution in [-0.2, 0) is 0 Å². The highest BCUT2D eigenvalue weighted by atomic mass is 127. The molecule has 0 aromatic heterocycles. The Balaban J connectivity index is 2.39. The van der Waals surface area contributed by atoms with Gasteiger partial charge in [0, 0.05) is 4.47 Å². The van der Waals surface area contributed by atoms with Gasteiger partial charge in [0.05, 0.1) is 0 Å². The first kappa shape index (κ1) is 12.3. The van der Waals surface area contributed by atoms with Crippen molar-refractivity contribution in [1.82, 2.24) is 0 Å². The van der Waals surface area contributed by atoms with Gasteiger partial charge in [-0.25, -0.2) is 0 Å². The number of benzene rings is 1. The van der Waals surface area contributed by atoms with Crippen LogP contribution in [0.15, 0.2) is 28.7 Å². The Kier molecular flexibility index (Phi) is 5.86. The molecular formula is C11H14BrIO. The molecule has 0 bridgehead atoms. The van der Waals surface area contributed by atoms with Gasteiger partial charge in [0.25, 0.3) is 0 Å². The molecule has 0 aliphatic heterocycles. The molecule has 0 saturated carbocycles. The third-order valence-electron chi connectivity index (χ3n) is 1.86. The second-order valence-corrected chi connectivity index (χ2v) is 5.43. The fourth-order valence-corrected chi connectivity index (χ4v) is 2.08. The fraction of sp³-hybridized carbons (Fsp3) is 0.455. The maximum atomic E-state index is 5.74. The number of unbranched alkanes of at least 4 members (excludes halogenated alkanes) is 1. The second-order valence-electron chi connectivity index (χ2n) is 3.12. The van der Waals surface area contributed by atoms with Gasteiger partial charge in [-0.3, -0.25) is 0 Å². The van der Waals surface area contributed by atoms with E-state index < -0.39 is 0 Å². The Morgan fingerprint density at radius 2 is 2.00 bits per heavy atom. The van der Waals surface area contributed by atoms with Gasteiger partial charge in [0.15, 0.2) is 0 Å². The maximum Gasteiger partial charge on any atom is 0.149 e.